The van der Waals surface area contributed by atoms with Crippen LogP contribution < -0.4 is 40.0 Å². The standard InChI is InChI=1S/C29H26F3N3O4S.C20H17F3N4O2.CH3O.Na/c1-15-3-7-19(8-4-15)40(37,38)35-14-22(21-10-18(30)11-23(31)27(21)35)28-33-13-24(32)25(34-28)12-20-16-5-6-17(9-16)26(20)29(36)39-2;21-10-4-11-12(6-24-17(11)13(22)5-10)18-25-7-14(23)19(27-18)26-16-9-2-1-8(3-9)15(16)20(28)29;1-2;/h3-4,7-8,10-11,13-14,16-17,20,26H,5-6,9,12H2,1-2H3;4-9,15-16,24H,1-3H2,(H,28,29)(H,25,26,27);1H3;/q;;-1;+1/t16-,17+,20-,26-;8-,9+,15+,16+;;/m01../s1. The molecule has 0 saturated heterocycles. The van der Waals surface area contributed by atoms with Crippen molar-refractivity contribution in [2.45, 2.75) is 62.8 Å². The van der Waals surface area contributed by atoms with Crippen LogP contribution in [0.3, 0.4) is 0 Å². The zero-order valence-electron chi connectivity index (χ0n) is 39.3. The van der Waals surface area contributed by atoms with Gasteiger partial charge in [0.05, 0.1) is 47.4 Å². The summed E-state index contributed by atoms with van der Waals surface area (Å²) in [6.07, 6.45) is 9.95. The summed E-state index contributed by atoms with van der Waals surface area (Å²) in [7, 11) is -2.20. The maximum absolute atomic E-state index is 15.1. The Kier molecular flexibility index (Phi) is 15.2. The Balaban J connectivity index is 0.000000192. The third-order valence-electron chi connectivity index (χ3n) is 14.6. The number of aliphatic carboxylic acids is 1. The van der Waals surface area contributed by atoms with E-state index in [1.807, 2.05) is 0 Å². The van der Waals surface area contributed by atoms with Gasteiger partial charge in [-0.3, -0.25) is 9.59 Å². The van der Waals surface area contributed by atoms with Crippen molar-refractivity contribution in [3.8, 4) is 22.8 Å². The molecule has 4 bridgehead atoms. The van der Waals surface area contributed by atoms with Crippen LogP contribution in [0.1, 0.15) is 49.8 Å². The number of anilines is 1. The molecular weight excluding hydrogens is 980 g/mol. The van der Waals surface area contributed by atoms with E-state index in [4.69, 9.17) is 9.84 Å². The number of carboxylic acids is 1. The van der Waals surface area contributed by atoms with Crippen molar-refractivity contribution >= 4 is 49.6 Å². The first-order valence-electron chi connectivity index (χ1n) is 22.8. The van der Waals surface area contributed by atoms with Gasteiger partial charge in [0, 0.05) is 52.5 Å². The number of carboxylic acid groups (broad SMARTS) is 1. The summed E-state index contributed by atoms with van der Waals surface area (Å²) in [6.45, 7) is 1.80. The second-order valence-corrected chi connectivity index (χ2v) is 20.3. The van der Waals surface area contributed by atoms with E-state index in [0.717, 1.165) is 92.0 Å². The Morgan fingerprint density at radius 2 is 1.39 bits per heavy atom. The number of hydrogen-bond donors (Lipinski definition) is 3. The Morgan fingerprint density at radius 3 is 2.07 bits per heavy atom. The number of carbonyl (C=O) groups is 2. The van der Waals surface area contributed by atoms with Crippen molar-refractivity contribution in [3.63, 3.8) is 0 Å². The minimum absolute atomic E-state index is 0. The number of benzene rings is 3. The Labute approximate surface area is 431 Å². The number of ether oxygens (including phenoxy) is 1. The van der Waals surface area contributed by atoms with Gasteiger partial charge in [0.15, 0.2) is 34.9 Å². The van der Waals surface area contributed by atoms with Crippen molar-refractivity contribution in [3.05, 3.63) is 119 Å². The molecule has 4 aromatic heterocycles. The monoisotopic (exact) mass is 1030 g/mol. The van der Waals surface area contributed by atoms with Gasteiger partial charge in [0.1, 0.15) is 23.0 Å². The number of halogens is 6. The van der Waals surface area contributed by atoms with Crippen LogP contribution in [-0.4, -0.2) is 74.6 Å². The molecule has 14 nitrogen and oxygen atoms in total. The van der Waals surface area contributed by atoms with E-state index in [1.165, 1.54) is 25.4 Å². The molecule has 0 radical (unpaired) electrons. The Hall–Kier alpha value is -5.87. The van der Waals surface area contributed by atoms with Gasteiger partial charge < -0.3 is 25.3 Å². The third-order valence-corrected chi connectivity index (χ3v) is 16.3. The van der Waals surface area contributed by atoms with Crippen LogP contribution in [0.4, 0.5) is 32.2 Å². The van der Waals surface area contributed by atoms with Crippen LogP contribution in [0.5, 0.6) is 0 Å². The van der Waals surface area contributed by atoms with E-state index in [9.17, 15) is 40.7 Å². The van der Waals surface area contributed by atoms with Gasteiger partial charge in [0.2, 0.25) is 0 Å². The molecule has 72 heavy (non-hydrogen) atoms. The molecule has 8 atom stereocenters. The second kappa shape index (κ2) is 20.9. The van der Waals surface area contributed by atoms with Gasteiger partial charge in [-0.2, -0.15) is 7.11 Å². The van der Waals surface area contributed by atoms with Gasteiger partial charge >= 0.3 is 41.5 Å². The number of rotatable bonds is 10. The molecule has 4 aliphatic rings. The van der Waals surface area contributed by atoms with Gasteiger partial charge in [-0.25, -0.2) is 58.7 Å². The van der Waals surface area contributed by atoms with E-state index in [-0.39, 0.29) is 133 Å². The van der Waals surface area contributed by atoms with Crippen LogP contribution in [0.2, 0.25) is 0 Å². The zero-order chi connectivity index (χ0) is 50.6. The van der Waals surface area contributed by atoms with E-state index >= 15 is 8.78 Å². The summed E-state index contributed by atoms with van der Waals surface area (Å²) in [5.41, 5.74) is 0.971. The number of nitrogens with zero attached hydrogens (tertiary/aromatic N) is 5. The largest absolute Gasteiger partial charge is 1.00 e. The van der Waals surface area contributed by atoms with Crippen LogP contribution in [0.25, 0.3) is 44.6 Å². The normalized spacial score (nSPS) is 22.8. The predicted octanol–water partition coefficient (Wildman–Crippen LogP) is 5.37. The first-order valence-corrected chi connectivity index (χ1v) is 24.3. The molecule has 0 unspecified atom stereocenters. The summed E-state index contributed by atoms with van der Waals surface area (Å²) in [6, 6.07) is 9.14. The number of H-pyrrole nitrogens is 1. The number of fused-ring (bicyclic) bond motifs is 6. The predicted molar refractivity (Wildman–Crippen MR) is 245 cm³/mol. The third kappa shape index (κ3) is 9.60. The molecule has 0 spiro atoms. The Bertz CT molecular complexity index is 3330. The molecule has 0 amide bonds. The molecule has 4 heterocycles. The van der Waals surface area contributed by atoms with Crippen LogP contribution in [-0.2, 0) is 30.8 Å². The molecule has 11 rings (SSSR count). The summed E-state index contributed by atoms with van der Waals surface area (Å²) < 4.78 is 119. The SMILES string of the molecule is COC(=O)[C@H]1[C@@H]2CC[C@@H](C2)[C@@H]1Cc1nc(-c2cn(S(=O)(=O)c3ccc(C)cc3)c3c(F)cc(F)cc23)ncc1F.C[O-].O=C(O)[C@H]1[C@@H]2CC[C@@H](C2)[C@@H]1Nc1nc(-c2c[nH]c3c(F)cc(F)cc23)ncc1F.[Na+]. The number of carbonyl (C=O) groups excluding carboxylic acids is 1. The molecule has 7 aromatic rings. The Morgan fingerprint density at radius 1 is 0.792 bits per heavy atom. The fraction of sp³-hybridized carbons (Fsp3) is 0.360. The number of aromatic nitrogens is 6. The number of hydrogen-bond acceptors (Lipinski definition) is 11. The molecule has 22 heteroatoms. The van der Waals surface area contributed by atoms with Gasteiger partial charge in [-0.05, 0) is 106 Å². The minimum Gasteiger partial charge on any atom is -0.857 e. The molecule has 3 N–H and O–H groups in total. The number of nitrogens with one attached hydrogen (secondary N) is 2. The second-order valence-electron chi connectivity index (χ2n) is 18.4. The maximum Gasteiger partial charge on any atom is 1.00 e. The van der Waals surface area contributed by atoms with E-state index < -0.39 is 62.9 Å². The van der Waals surface area contributed by atoms with Crippen molar-refractivity contribution in [1.29, 1.82) is 0 Å². The number of esters is 1. The van der Waals surface area contributed by atoms with Crippen LogP contribution in [0, 0.1) is 83.3 Å². The molecule has 3 aromatic carbocycles. The summed E-state index contributed by atoms with van der Waals surface area (Å²) in [4.78, 5) is 43.5. The van der Waals surface area contributed by atoms with Crippen LogP contribution >= 0.6 is 0 Å². The molecule has 4 fully saturated rings. The number of aryl methyl sites for hydroxylation is 1. The zero-order valence-corrected chi connectivity index (χ0v) is 42.1. The number of aromatic amines is 1. The van der Waals surface area contributed by atoms with Gasteiger partial charge in [-0.15, -0.1) is 0 Å². The maximum atomic E-state index is 15.1. The van der Waals surface area contributed by atoms with Crippen molar-refractivity contribution < 1.29 is 88.9 Å². The average Bonchev–Trinajstić information content (AvgIpc) is 4.22. The van der Waals surface area contributed by atoms with Crippen molar-refractivity contribution in [1.82, 2.24) is 28.9 Å². The van der Waals surface area contributed by atoms with Gasteiger partial charge in [-0.1, -0.05) is 17.7 Å². The summed E-state index contributed by atoms with van der Waals surface area (Å²) in [5, 5.41) is 21.0. The summed E-state index contributed by atoms with van der Waals surface area (Å²) in [5.74, 6) is -6.67. The summed E-state index contributed by atoms with van der Waals surface area (Å²) >= 11 is 0. The van der Waals surface area contributed by atoms with E-state index in [2.05, 4.69) is 30.2 Å². The van der Waals surface area contributed by atoms with Crippen molar-refractivity contribution in [2.24, 2.45) is 41.4 Å². The quantitative estimate of drug-likeness (QED) is 0.0899. The van der Waals surface area contributed by atoms with Crippen LogP contribution in [0.15, 0.2) is 78.2 Å². The van der Waals surface area contributed by atoms with Gasteiger partial charge in [0.25, 0.3) is 10.0 Å². The molecule has 4 saturated carbocycles. The van der Waals surface area contributed by atoms with E-state index in [1.54, 1.807) is 19.1 Å². The first kappa shape index (κ1) is 52.5. The average molecular weight is 1030 g/mol. The van der Waals surface area contributed by atoms with E-state index in [0.29, 0.717) is 11.6 Å². The molecule has 0 aliphatic heterocycles. The molecule has 372 valence electrons. The number of methoxy groups -OCH3 is 1. The first-order chi connectivity index (χ1) is 34.0. The molecule has 4 aliphatic carbocycles. The fourth-order valence-corrected chi connectivity index (χ4v) is 12.9. The smallest absolute Gasteiger partial charge is 0.857 e. The van der Waals surface area contributed by atoms with Crippen molar-refractivity contribution in [2.75, 3.05) is 19.5 Å². The molecular formula is C50H46F6N7NaO7S. The fourth-order valence-electron chi connectivity index (χ4n) is 11.5. The minimum atomic E-state index is -4.29. The topological polar surface area (TPSA) is 205 Å².